The Morgan fingerprint density at radius 1 is 0.181 bits per heavy atom. The van der Waals surface area contributed by atoms with Crippen molar-refractivity contribution in [3.63, 3.8) is 0 Å². The summed E-state index contributed by atoms with van der Waals surface area (Å²) in [4.78, 5) is 5.35. The molecule has 0 atom stereocenters. The first-order valence-electron chi connectivity index (χ1n) is 25.5. The van der Waals surface area contributed by atoms with E-state index in [1.165, 1.54) is 83.5 Å². The summed E-state index contributed by atoms with van der Waals surface area (Å²) in [6.07, 6.45) is 0. The molecule has 0 aliphatic rings. The Morgan fingerprint density at radius 3 is 0.486 bits per heavy atom. The molecule has 0 amide bonds. The quantitative estimate of drug-likeness (QED) is 0.141. The van der Waals surface area contributed by atoms with Crippen molar-refractivity contribution in [2.45, 2.75) is 78.6 Å². The van der Waals surface area contributed by atoms with E-state index >= 15 is 0 Å². The van der Waals surface area contributed by atoms with Crippen molar-refractivity contribution in [2.24, 2.45) is 0 Å². The van der Waals surface area contributed by atoms with Crippen molar-refractivity contribution in [3.05, 3.63) is 247 Å². The maximum absolute atomic E-state index is 5.35. The number of nitrogens with zero attached hydrogens (tertiary/aromatic N) is 1. The summed E-state index contributed by atoms with van der Waals surface area (Å²) < 4.78 is 0. The van der Waals surface area contributed by atoms with E-state index < -0.39 is 0 Å². The zero-order valence-corrected chi connectivity index (χ0v) is 43.4. The van der Waals surface area contributed by atoms with E-state index in [4.69, 9.17) is 4.98 Å². The molecule has 10 rings (SSSR count). The molecule has 0 saturated heterocycles. The van der Waals surface area contributed by atoms with Gasteiger partial charge in [-0.25, -0.2) is 4.98 Å². The lowest BCUT2D eigenvalue weighted by Crippen LogP contribution is -2.10. The fourth-order valence-corrected chi connectivity index (χ4v) is 9.57. The van der Waals surface area contributed by atoms with E-state index in [0.29, 0.717) is 0 Å². The smallest absolute Gasteiger partial charge is 0.0715 e. The highest BCUT2D eigenvalue weighted by Gasteiger charge is 2.17. The van der Waals surface area contributed by atoms with Crippen molar-refractivity contribution < 1.29 is 0 Å². The second-order valence-electron chi connectivity index (χ2n) is 22.6. The lowest BCUT2D eigenvalue weighted by molar-refractivity contribution is 0.590. The van der Waals surface area contributed by atoms with Crippen LogP contribution in [0.2, 0.25) is 0 Å². The van der Waals surface area contributed by atoms with Gasteiger partial charge in [0.15, 0.2) is 0 Å². The van der Waals surface area contributed by atoms with Crippen LogP contribution in [-0.2, 0) is 16.2 Å². The molecule has 1 heteroatoms. The molecule has 1 heterocycles. The molecule has 354 valence electrons. The molecule has 0 aliphatic heterocycles. The van der Waals surface area contributed by atoms with E-state index in [2.05, 4.69) is 293 Å². The minimum absolute atomic E-state index is 0.133. The van der Waals surface area contributed by atoms with Crippen molar-refractivity contribution in [1.29, 1.82) is 0 Å². The first-order valence-corrected chi connectivity index (χ1v) is 25.5. The van der Waals surface area contributed by atoms with E-state index in [1.807, 2.05) is 0 Å². The molecule has 0 saturated carbocycles. The zero-order valence-electron chi connectivity index (χ0n) is 43.4. The van der Waals surface area contributed by atoms with E-state index in [0.717, 1.165) is 33.6 Å². The topological polar surface area (TPSA) is 12.9 Å². The molecule has 72 heavy (non-hydrogen) atoms. The molecule has 0 radical (unpaired) electrons. The fraction of sp³-hybridized carbons (Fsp3) is 0.169. The number of rotatable bonds is 9. The van der Waals surface area contributed by atoms with Crippen LogP contribution in [0.5, 0.6) is 0 Å². The molecule has 10 aromatic rings. The van der Waals surface area contributed by atoms with Gasteiger partial charge >= 0.3 is 0 Å². The molecule has 0 bridgehead atoms. The molecule has 0 N–H and O–H groups in total. The second kappa shape index (κ2) is 19.4. The normalized spacial score (nSPS) is 12.0. The van der Waals surface area contributed by atoms with Gasteiger partial charge in [-0.1, -0.05) is 281 Å². The van der Waals surface area contributed by atoms with Crippen LogP contribution in [0.15, 0.2) is 231 Å². The van der Waals surface area contributed by atoms with E-state index in [1.54, 1.807) is 0 Å². The number of hydrogen-bond acceptors (Lipinski definition) is 1. The Labute approximate surface area is 429 Å². The molecule has 0 unspecified atom stereocenters. The van der Waals surface area contributed by atoms with Crippen molar-refractivity contribution in [1.82, 2.24) is 4.98 Å². The highest BCUT2D eigenvalue weighted by Crippen LogP contribution is 2.36. The Hall–Kier alpha value is -7.87. The molecular weight excluding hydrogens is 867 g/mol. The van der Waals surface area contributed by atoms with Gasteiger partial charge in [-0.05, 0) is 123 Å². The summed E-state index contributed by atoms with van der Waals surface area (Å²) in [5.74, 6) is 0. The average molecular weight is 932 g/mol. The van der Waals surface area contributed by atoms with Crippen LogP contribution in [0.3, 0.4) is 0 Å². The Kier molecular flexibility index (Phi) is 12.9. The van der Waals surface area contributed by atoms with Crippen LogP contribution in [0.4, 0.5) is 0 Å². The molecule has 0 spiro atoms. The van der Waals surface area contributed by atoms with Gasteiger partial charge in [0.1, 0.15) is 0 Å². The highest BCUT2D eigenvalue weighted by atomic mass is 14.7. The third-order valence-corrected chi connectivity index (χ3v) is 14.3. The van der Waals surface area contributed by atoms with Crippen LogP contribution in [0.1, 0.15) is 79.0 Å². The van der Waals surface area contributed by atoms with Gasteiger partial charge in [-0.15, -0.1) is 0 Å². The fourth-order valence-electron chi connectivity index (χ4n) is 9.57. The van der Waals surface area contributed by atoms with Crippen molar-refractivity contribution in [2.75, 3.05) is 0 Å². The monoisotopic (exact) mass is 932 g/mol. The van der Waals surface area contributed by atoms with Gasteiger partial charge in [0.2, 0.25) is 0 Å². The van der Waals surface area contributed by atoms with E-state index in [-0.39, 0.29) is 16.2 Å². The lowest BCUT2D eigenvalue weighted by Gasteiger charge is -2.19. The number of benzene rings is 9. The highest BCUT2D eigenvalue weighted by molar-refractivity contribution is 5.81. The Balaban J connectivity index is 0.927. The van der Waals surface area contributed by atoms with E-state index in [9.17, 15) is 0 Å². The van der Waals surface area contributed by atoms with Gasteiger partial charge in [0.05, 0.1) is 11.4 Å². The number of hydrogen-bond donors (Lipinski definition) is 0. The first-order chi connectivity index (χ1) is 34.5. The maximum Gasteiger partial charge on any atom is 0.0715 e. The van der Waals surface area contributed by atoms with Gasteiger partial charge in [0, 0.05) is 11.1 Å². The van der Waals surface area contributed by atoms with Crippen LogP contribution < -0.4 is 0 Å². The largest absolute Gasteiger partial charge is 0.248 e. The molecule has 9 aromatic carbocycles. The average Bonchev–Trinajstić information content (AvgIpc) is 3.40. The first kappa shape index (κ1) is 47.8. The van der Waals surface area contributed by atoms with Gasteiger partial charge in [-0.2, -0.15) is 0 Å². The molecule has 1 nitrogen and oxygen atoms in total. The predicted octanol–water partition coefficient (Wildman–Crippen LogP) is 20.0. The summed E-state index contributed by atoms with van der Waals surface area (Å²) in [5, 5.41) is 0. The standard InChI is InChI=1S/C71H65N/c1-69(2,3)64-40-34-57(35-41-64)52-16-10-48(11-17-52)51-22-24-60(25-23-51)63-46-67(61-30-26-55(27-31-61)49-12-18-53(19-13-49)58-36-42-65(43-37-58)70(4,5)6)72-68(47-63)62-32-28-56(29-33-62)50-14-20-54(21-15-50)59-38-44-66(45-39-59)71(7,8)9/h10-47H,1-9H3. The predicted molar refractivity (Wildman–Crippen MR) is 309 cm³/mol. The van der Waals surface area contributed by atoms with Gasteiger partial charge in [-0.3, -0.25) is 0 Å². The Morgan fingerprint density at radius 2 is 0.319 bits per heavy atom. The Bertz CT molecular complexity index is 3040. The lowest BCUT2D eigenvalue weighted by atomic mass is 9.86. The van der Waals surface area contributed by atoms with Gasteiger partial charge < -0.3 is 0 Å². The molecule has 0 aliphatic carbocycles. The molecular formula is C71H65N. The van der Waals surface area contributed by atoms with Crippen molar-refractivity contribution in [3.8, 4) is 100 Å². The minimum atomic E-state index is 0.133. The number of aromatic nitrogens is 1. The number of pyridine rings is 1. The summed E-state index contributed by atoms with van der Waals surface area (Å²) in [6, 6.07) is 84.9. The zero-order chi connectivity index (χ0) is 50.2. The summed E-state index contributed by atoms with van der Waals surface area (Å²) in [7, 11) is 0. The van der Waals surface area contributed by atoms with Crippen LogP contribution >= 0.6 is 0 Å². The second-order valence-corrected chi connectivity index (χ2v) is 22.6. The molecule has 0 fully saturated rings. The van der Waals surface area contributed by atoms with Crippen LogP contribution in [-0.4, -0.2) is 4.98 Å². The summed E-state index contributed by atoms with van der Waals surface area (Å²) in [5.41, 5.74) is 25.2. The SMILES string of the molecule is CC(C)(C)c1ccc(-c2ccc(-c3ccc(-c4cc(-c5ccc(-c6ccc(-c7ccc(C(C)(C)C)cc7)cc6)cc5)nc(-c5ccc(-c6ccc(-c7ccc(C(C)(C)C)cc7)cc6)cc5)c4)cc3)cc2)cc1. The summed E-state index contributed by atoms with van der Waals surface area (Å²) in [6.45, 7) is 20.3. The third-order valence-electron chi connectivity index (χ3n) is 14.3. The van der Waals surface area contributed by atoms with Crippen molar-refractivity contribution >= 4 is 0 Å². The van der Waals surface area contributed by atoms with Crippen LogP contribution in [0.25, 0.3) is 100 Å². The summed E-state index contributed by atoms with van der Waals surface area (Å²) >= 11 is 0. The van der Waals surface area contributed by atoms with Crippen LogP contribution in [0, 0.1) is 0 Å². The molecule has 1 aromatic heterocycles. The third kappa shape index (κ3) is 10.6. The van der Waals surface area contributed by atoms with Gasteiger partial charge in [0.25, 0.3) is 0 Å². The maximum atomic E-state index is 5.35. The minimum Gasteiger partial charge on any atom is -0.248 e.